The molecule has 0 aliphatic carbocycles. The topological polar surface area (TPSA) is 85.5 Å². The Balaban J connectivity index is 1.70. The third-order valence-electron chi connectivity index (χ3n) is 4.92. The first-order valence-corrected chi connectivity index (χ1v) is 11.1. The van der Waals surface area contributed by atoms with E-state index in [2.05, 4.69) is 30.6 Å². The molecule has 0 fully saturated rings. The van der Waals surface area contributed by atoms with Crippen LogP contribution in [0.2, 0.25) is 0 Å². The number of nitrogens with one attached hydrogen (secondary N) is 1. The van der Waals surface area contributed by atoms with Crippen LogP contribution in [0.25, 0.3) is 5.65 Å². The van der Waals surface area contributed by atoms with Crippen molar-refractivity contribution < 1.29 is 8.42 Å². The molecule has 0 amide bonds. The summed E-state index contributed by atoms with van der Waals surface area (Å²) >= 11 is 0. The van der Waals surface area contributed by atoms with Gasteiger partial charge in [0.05, 0.1) is 4.90 Å². The lowest BCUT2D eigenvalue weighted by Gasteiger charge is -2.22. The highest BCUT2D eigenvalue weighted by atomic mass is 32.2. The summed E-state index contributed by atoms with van der Waals surface area (Å²) in [7, 11) is -3.64. The van der Waals surface area contributed by atoms with E-state index in [0.29, 0.717) is 23.5 Å². The minimum absolute atomic E-state index is 0.0490. The zero-order chi connectivity index (χ0) is 21.4. The van der Waals surface area contributed by atoms with Gasteiger partial charge in [-0.1, -0.05) is 39.0 Å². The summed E-state index contributed by atoms with van der Waals surface area (Å²) in [6.07, 6.45) is 2.12. The quantitative estimate of drug-likeness (QED) is 0.626. The maximum absolute atomic E-state index is 12.9. The third kappa shape index (κ3) is 4.43. The molecule has 156 valence electrons. The number of nitrogens with zero attached hydrogens (tertiary/aromatic N) is 3. The van der Waals surface area contributed by atoms with Crippen LogP contribution in [0.4, 0.5) is 0 Å². The van der Waals surface area contributed by atoms with Gasteiger partial charge >= 0.3 is 5.69 Å². The lowest BCUT2D eigenvalue weighted by Crippen LogP contribution is -2.29. The van der Waals surface area contributed by atoms with E-state index in [0.717, 1.165) is 16.7 Å². The predicted octanol–water partition coefficient (Wildman–Crippen LogP) is 2.78. The summed E-state index contributed by atoms with van der Waals surface area (Å²) in [4.78, 5) is 12.6. The molecule has 0 spiro atoms. The normalized spacial score (nSPS) is 12.6. The average molecular weight is 417 g/mol. The van der Waals surface area contributed by atoms with Gasteiger partial charge in [-0.15, -0.1) is 5.10 Å². The van der Waals surface area contributed by atoms with E-state index in [9.17, 15) is 13.2 Å². The molecule has 1 aromatic carbocycles. The van der Waals surface area contributed by atoms with Gasteiger partial charge in [-0.2, -0.15) is 0 Å². The van der Waals surface area contributed by atoms with Crippen LogP contribution < -0.4 is 10.4 Å². The van der Waals surface area contributed by atoms with E-state index in [1.54, 1.807) is 18.3 Å². The maximum Gasteiger partial charge on any atom is 0.350 e. The van der Waals surface area contributed by atoms with Crippen LogP contribution in [0.3, 0.4) is 0 Å². The molecule has 0 saturated carbocycles. The van der Waals surface area contributed by atoms with Gasteiger partial charge in [-0.3, -0.25) is 4.40 Å². The Hall–Kier alpha value is -2.45. The van der Waals surface area contributed by atoms with Crippen molar-refractivity contribution in [2.45, 2.75) is 57.9 Å². The van der Waals surface area contributed by atoms with E-state index < -0.39 is 10.0 Å². The number of sulfonamides is 1. The molecule has 0 unspecified atom stereocenters. The van der Waals surface area contributed by atoms with Gasteiger partial charge in [-0.05, 0) is 54.5 Å². The number of benzene rings is 1. The van der Waals surface area contributed by atoms with Gasteiger partial charge in [0, 0.05) is 19.3 Å². The molecule has 2 aromatic heterocycles. The van der Waals surface area contributed by atoms with Crippen molar-refractivity contribution in [1.29, 1.82) is 0 Å². The standard InChI is InChI=1S/C21H28N4O3S/c1-15-13-17(21(3,4)5)14-16(2)19(15)29(27,28)22-10-8-12-25-20(26)24-11-7-6-9-18(24)23-25/h6-7,9,11,13-14,22H,8,10,12H2,1-5H3. The molecule has 0 aliphatic rings. The summed E-state index contributed by atoms with van der Waals surface area (Å²) < 4.78 is 31.2. The molecule has 0 aliphatic heterocycles. The highest BCUT2D eigenvalue weighted by Gasteiger charge is 2.23. The fourth-order valence-electron chi connectivity index (χ4n) is 3.43. The van der Waals surface area contributed by atoms with Crippen LogP contribution in [0, 0.1) is 13.8 Å². The molecular weight excluding hydrogens is 388 g/mol. The van der Waals surface area contributed by atoms with Crippen LogP contribution in [0.5, 0.6) is 0 Å². The number of pyridine rings is 1. The lowest BCUT2D eigenvalue weighted by atomic mass is 9.85. The zero-order valence-corrected chi connectivity index (χ0v) is 18.4. The minimum atomic E-state index is -3.64. The number of rotatable bonds is 6. The monoisotopic (exact) mass is 416 g/mol. The minimum Gasteiger partial charge on any atom is -0.250 e. The Morgan fingerprint density at radius 1 is 1.10 bits per heavy atom. The molecule has 1 N–H and O–H groups in total. The average Bonchev–Trinajstić information content (AvgIpc) is 2.93. The van der Waals surface area contributed by atoms with Gasteiger partial charge < -0.3 is 0 Å². The van der Waals surface area contributed by atoms with E-state index in [1.807, 2.05) is 32.0 Å². The van der Waals surface area contributed by atoms with Crippen molar-refractivity contribution in [3.05, 3.63) is 63.7 Å². The Morgan fingerprint density at radius 3 is 2.34 bits per heavy atom. The van der Waals surface area contributed by atoms with Crippen LogP contribution in [0.1, 0.15) is 43.9 Å². The first-order chi connectivity index (χ1) is 13.5. The number of hydrogen-bond acceptors (Lipinski definition) is 4. The van der Waals surface area contributed by atoms with Gasteiger partial charge in [0.2, 0.25) is 10.0 Å². The zero-order valence-electron chi connectivity index (χ0n) is 17.6. The summed E-state index contributed by atoms with van der Waals surface area (Å²) in [6, 6.07) is 9.23. The van der Waals surface area contributed by atoms with Gasteiger partial charge in [0.25, 0.3) is 0 Å². The predicted molar refractivity (Wildman–Crippen MR) is 114 cm³/mol. The Morgan fingerprint density at radius 2 is 1.76 bits per heavy atom. The van der Waals surface area contributed by atoms with Crippen molar-refractivity contribution in [2.75, 3.05) is 6.54 Å². The van der Waals surface area contributed by atoms with Crippen LogP contribution in [-0.4, -0.2) is 29.1 Å². The molecule has 0 bridgehead atoms. The lowest BCUT2D eigenvalue weighted by molar-refractivity contribution is 0.542. The van der Waals surface area contributed by atoms with Gasteiger partial charge in [0.15, 0.2) is 5.65 Å². The first kappa shape index (κ1) is 21.3. The fraction of sp³-hybridized carbons (Fsp3) is 0.429. The highest BCUT2D eigenvalue weighted by Crippen LogP contribution is 2.29. The maximum atomic E-state index is 12.9. The van der Waals surface area contributed by atoms with Crippen molar-refractivity contribution in [1.82, 2.24) is 18.9 Å². The summed E-state index contributed by atoms with van der Waals surface area (Å²) in [5.41, 5.74) is 2.87. The summed E-state index contributed by atoms with van der Waals surface area (Å²) in [5.74, 6) is 0. The highest BCUT2D eigenvalue weighted by molar-refractivity contribution is 7.89. The molecule has 0 atom stereocenters. The second kappa shape index (κ2) is 7.76. The van der Waals surface area contributed by atoms with Crippen molar-refractivity contribution in [3.63, 3.8) is 0 Å². The molecule has 0 radical (unpaired) electrons. The van der Waals surface area contributed by atoms with E-state index in [4.69, 9.17) is 0 Å². The van der Waals surface area contributed by atoms with E-state index in [-0.39, 0.29) is 17.6 Å². The number of aromatic nitrogens is 3. The van der Waals surface area contributed by atoms with Crippen LogP contribution in [0.15, 0.2) is 46.2 Å². The molecule has 29 heavy (non-hydrogen) atoms. The second-order valence-electron chi connectivity index (χ2n) is 8.38. The molecular formula is C21H28N4O3S. The smallest absolute Gasteiger partial charge is 0.250 e. The number of hydrogen-bond donors (Lipinski definition) is 1. The Bertz CT molecular complexity index is 1180. The first-order valence-electron chi connectivity index (χ1n) is 9.66. The molecule has 3 rings (SSSR count). The third-order valence-corrected chi connectivity index (χ3v) is 6.69. The number of fused-ring (bicyclic) bond motifs is 1. The fourth-order valence-corrected chi connectivity index (χ4v) is 4.95. The SMILES string of the molecule is Cc1cc(C(C)(C)C)cc(C)c1S(=O)(=O)NCCCn1nc2ccccn2c1=O. The van der Waals surface area contributed by atoms with E-state index >= 15 is 0 Å². The molecule has 8 heteroatoms. The number of aryl methyl sites for hydroxylation is 3. The van der Waals surface area contributed by atoms with Gasteiger partial charge in [-0.25, -0.2) is 22.6 Å². The molecule has 0 saturated heterocycles. The summed E-state index contributed by atoms with van der Waals surface area (Å²) in [6.45, 7) is 10.5. The Labute approximate surface area is 171 Å². The Kier molecular flexibility index (Phi) is 5.69. The van der Waals surface area contributed by atoms with Crippen molar-refractivity contribution in [3.8, 4) is 0 Å². The van der Waals surface area contributed by atoms with Crippen molar-refractivity contribution >= 4 is 15.7 Å². The van der Waals surface area contributed by atoms with Crippen LogP contribution >= 0.6 is 0 Å². The largest absolute Gasteiger partial charge is 0.350 e. The summed E-state index contributed by atoms with van der Waals surface area (Å²) in [5, 5.41) is 4.26. The second-order valence-corrected chi connectivity index (χ2v) is 10.1. The molecule has 3 aromatic rings. The van der Waals surface area contributed by atoms with Crippen LogP contribution in [-0.2, 0) is 22.0 Å². The molecule has 7 nitrogen and oxygen atoms in total. The van der Waals surface area contributed by atoms with Crippen molar-refractivity contribution in [2.24, 2.45) is 0 Å². The van der Waals surface area contributed by atoms with E-state index in [1.165, 1.54) is 9.08 Å². The molecule has 2 heterocycles. The van der Waals surface area contributed by atoms with Gasteiger partial charge in [0.1, 0.15) is 0 Å².